The van der Waals surface area contributed by atoms with Gasteiger partial charge in [0.25, 0.3) is 0 Å². The average Bonchev–Trinajstić information content (AvgIpc) is 3.92. The highest BCUT2D eigenvalue weighted by Gasteiger charge is 2.23. The summed E-state index contributed by atoms with van der Waals surface area (Å²) in [5.74, 6) is 2.21. The van der Waals surface area contributed by atoms with Gasteiger partial charge in [-0.15, -0.1) is 0 Å². The van der Waals surface area contributed by atoms with Crippen LogP contribution < -0.4 is 0 Å². The molecule has 58 heavy (non-hydrogen) atoms. The largest absolute Gasteiger partial charge is 0.455 e. The number of rotatable bonds is 5. The van der Waals surface area contributed by atoms with Crippen molar-refractivity contribution in [1.82, 2.24) is 19.9 Å². The van der Waals surface area contributed by atoms with Crippen molar-refractivity contribution in [2.75, 3.05) is 0 Å². The lowest BCUT2D eigenvalue weighted by atomic mass is 9.97. The van der Waals surface area contributed by atoms with E-state index in [1.807, 2.05) is 66.7 Å². The van der Waals surface area contributed by atoms with Gasteiger partial charge in [-0.2, -0.15) is 0 Å². The molecule has 9 aromatic carbocycles. The molecule has 0 spiro atoms. The van der Waals surface area contributed by atoms with Crippen LogP contribution in [0.3, 0.4) is 0 Å². The molecule has 3 aromatic heterocycles. The minimum absolute atomic E-state index is 0.533. The van der Waals surface area contributed by atoms with Crippen molar-refractivity contribution in [3.63, 3.8) is 0 Å². The van der Waals surface area contributed by atoms with Gasteiger partial charge in [-0.25, -0.2) is 19.9 Å². The van der Waals surface area contributed by atoms with Crippen LogP contribution in [0, 0.1) is 0 Å². The van der Waals surface area contributed by atoms with E-state index in [2.05, 4.69) is 115 Å². The minimum atomic E-state index is 0.533. The first kappa shape index (κ1) is 32.3. The number of aromatic nitrogens is 4. The molecule has 0 aliphatic heterocycles. The smallest absolute Gasteiger partial charge is 0.227 e. The molecule has 270 valence electrons. The third-order valence-electron chi connectivity index (χ3n) is 11.1. The van der Waals surface area contributed by atoms with Gasteiger partial charge in [-0.1, -0.05) is 140 Å². The number of oxazole rings is 1. The first-order valence-electron chi connectivity index (χ1n) is 19.3. The van der Waals surface area contributed by atoms with Crippen LogP contribution >= 0.6 is 0 Å². The quantitative estimate of drug-likeness (QED) is 0.175. The van der Waals surface area contributed by atoms with Crippen molar-refractivity contribution < 1.29 is 8.83 Å². The number of fused-ring (bicyclic) bond motifs is 9. The highest BCUT2D eigenvalue weighted by Crippen LogP contribution is 2.43. The zero-order chi connectivity index (χ0) is 38.2. The number of nitrogens with zero attached hydrogens (tertiary/aromatic N) is 4. The molecule has 0 amide bonds. The maximum absolute atomic E-state index is 6.62. The lowest BCUT2D eigenvalue weighted by Crippen LogP contribution is -2.01. The van der Waals surface area contributed by atoms with Gasteiger partial charge in [0.15, 0.2) is 23.1 Å². The molecule has 0 N–H and O–H groups in total. The fraction of sp³-hybridized carbons (Fsp3) is 0. The molecule has 0 aliphatic rings. The van der Waals surface area contributed by atoms with Crippen molar-refractivity contribution in [3.05, 3.63) is 182 Å². The van der Waals surface area contributed by atoms with Crippen LogP contribution in [0.25, 0.3) is 122 Å². The van der Waals surface area contributed by atoms with Crippen molar-refractivity contribution in [3.8, 4) is 56.7 Å². The molecule has 12 rings (SSSR count). The number of hydrogen-bond donors (Lipinski definition) is 0. The monoisotopic (exact) mass is 742 g/mol. The number of benzene rings is 9. The van der Waals surface area contributed by atoms with Crippen molar-refractivity contribution in [2.24, 2.45) is 0 Å². The van der Waals surface area contributed by atoms with E-state index in [-0.39, 0.29) is 0 Å². The average molecular weight is 743 g/mol. The van der Waals surface area contributed by atoms with E-state index in [1.54, 1.807) is 0 Å². The van der Waals surface area contributed by atoms with Gasteiger partial charge < -0.3 is 8.83 Å². The summed E-state index contributed by atoms with van der Waals surface area (Å²) in [5, 5.41) is 8.16. The molecule has 12 aromatic rings. The Balaban J connectivity index is 1.17. The molecule has 0 radical (unpaired) electrons. The summed E-state index contributed by atoms with van der Waals surface area (Å²) >= 11 is 0. The lowest BCUT2D eigenvalue weighted by molar-refractivity contribution is 0.623. The molecule has 6 nitrogen and oxygen atoms in total. The maximum Gasteiger partial charge on any atom is 0.227 e. The number of hydrogen-bond acceptors (Lipinski definition) is 6. The van der Waals surface area contributed by atoms with E-state index in [1.165, 1.54) is 0 Å². The third kappa shape index (κ3) is 5.20. The SMILES string of the molecule is c1ccc(-c2ccc3c(-c4nc(-c5ccc6ccccc6c5)nc(-c5cc6ccccc6c6oc7ccccc7c56)n4)cc4nc(-c5ccccc5)oc4c3c2)cc1. The normalized spacial score (nSPS) is 11.8. The predicted octanol–water partition coefficient (Wildman–Crippen LogP) is 13.7. The summed E-state index contributed by atoms with van der Waals surface area (Å²) < 4.78 is 13.2. The van der Waals surface area contributed by atoms with Gasteiger partial charge >= 0.3 is 0 Å². The third-order valence-corrected chi connectivity index (χ3v) is 11.1. The highest BCUT2D eigenvalue weighted by molar-refractivity contribution is 6.21. The minimum Gasteiger partial charge on any atom is -0.455 e. The van der Waals surface area contributed by atoms with Gasteiger partial charge in [-0.05, 0) is 75.1 Å². The molecule has 0 bridgehead atoms. The van der Waals surface area contributed by atoms with Gasteiger partial charge in [0, 0.05) is 43.8 Å². The Morgan fingerprint density at radius 1 is 0.328 bits per heavy atom. The summed E-state index contributed by atoms with van der Waals surface area (Å²) in [7, 11) is 0. The van der Waals surface area contributed by atoms with E-state index >= 15 is 0 Å². The fourth-order valence-corrected chi connectivity index (χ4v) is 8.31. The van der Waals surface area contributed by atoms with Crippen molar-refractivity contribution in [2.45, 2.75) is 0 Å². The van der Waals surface area contributed by atoms with E-state index in [0.29, 0.717) is 28.9 Å². The molecular formula is C52H30N4O2. The van der Waals surface area contributed by atoms with Crippen LogP contribution in [0.15, 0.2) is 191 Å². The zero-order valence-corrected chi connectivity index (χ0v) is 30.9. The maximum atomic E-state index is 6.62. The summed E-state index contributed by atoms with van der Waals surface area (Å²) in [6, 6.07) is 62.3. The van der Waals surface area contributed by atoms with Crippen molar-refractivity contribution >= 4 is 65.4 Å². The fourth-order valence-electron chi connectivity index (χ4n) is 8.31. The van der Waals surface area contributed by atoms with Crippen LogP contribution in [-0.2, 0) is 0 Å². The predicted molar refractivity (Wildman–Crippen MR) is 234 cm³/mol. The molecule has 0 atom stereocenters. The lowest BCUT2D eigenvalue weighted by Gasteiger charge is -2.13. The standard InChI is InChI=1S/C52H30N4O2/c1-3-13-31(14-4-1)35-25-26-39-41(28-35)47-44(53-52(58-47)33-16-5-2-6-17-33)30-42(39)50-54-49(37-24-23-32-15-7-8-18-34(32)27-37)55-51(56-50)43-29-36-19-9-10-20-38(36)48-46(43)40-21-11-12-22-45(40)57-48/h1-30H. The summed E-state index contributed by atoms with van der Waals surface area (Å²) in [6.45, 7) is 0. The second-order valence-corrected chi connectivity index (χ2v) is 14.6. The molecule has 6 heteroatoms. The second kappa shape index (κ2) is 12.8. The summed E-state index contributed by atoms with van der Waals surface area (Å²) in [6.07, 6.45) is 0. The van der Waals surface area contributed by atoms with Gasteiger partial charge in [0.1, 0.15) is 16.7 Å². The van der Waals surface area contributed by atoms with E-state index in [0.717, 1.165) is 93.2 Å². The molecule has 3 heterocycles. The second-order valence-electron chi connectivity index (χ2n) is 14.6. The van der Waals surface area contributed by atoms with Gasteiger partial charge in [0.05, 0.1) is 0 Å². The number of para-hydroxylation sites is 1. The number of furan rings is 1. The molecule has 0 saturated heterocycles. The molecule has 0 saturated carbocycles. The van der Waals surface area contributed by atoms with Gasteiger partial charge in [0.2, 0.25) is 5.89 Å². The Labute approximate surface area is 331 Å². The Morgan fingerprint density at radius 3 is 1.81 bits per heavy atom. The Morgan fingerprint density at radius 2 is 0.983 bits per heavy atom. The molecular weight excluding hydrogens is 713 g/mol. The zero-order valence-electron chi connectivity index (χ0n) is 30.9. The first-order chi connectivity index (χ1) is 28.7. The van der Waals surface area contributed by atoms with Crippen LogP contribution in [0.5, 0.6) is 0 Å². The highest BCUT2D eigenvalue weighted by atomic mass is 16.3. The topological polar surface area (TPSA) is 77.8 Å². The van der Waals surface area contributed by atoms with Crippen LogP contribution in [0.4, 0.5) is 0 Å². The van der Waals surface area contributed by atoms with Crippen molar-refractivity contribution in [1.29, 1.82) is 0 Å². The Hall–Kier alpha value is -7.96. The summed E-state index contributed by atoms with van der Waals surface area (Å²) in [4.78, 5) is 21.0. The molecule has 0 fully saturated rings. The van der Waals surface area contributed by atoms with Gasteiger partial charge in [-0.3, -0.25) is 0 Å². The van der Waals surface area contributed by atoms with E-state index in [4.69, 9.17) is 28.8 Å². The van der Waals surface area contributed by atoms with Crippen LogP contribution in [0.1, 0.15) is 0 Å². The van der Waals surface area contributed by atoms with E-state index < -0.39 is 0 Å². The summed E-state index contributed by atoms with van der Waals surface area (Å²) in [5.41, 5.74) is 8.72. The molecule has 0 unspecified atom stereocenters. The van der Waals surface area contributed by atoms with Crippen LogP contribution in [-0.4, -0.2) is 19.9 Å². The Kier molecular flexibility index (Phi) is 7.13. The molecule has 0 aliphatic carbocycles. The van der Waals surface area contributed by atoms with E-state index in [9.17, 15) is 0 Å². The first-order valence-corrected chi connectivity index (χ1v) is 19.3. The van der Waals surface area contributed by atoms with Crippen LogP contribution in [0.2, 0.25) is 0 Å². The Bertz CT molecular complexity index is 3570.